The smallest absolute Gasteiger partial charge is 0.240 e. The van der Waals surface area contributed by atoms with E-state index in [1.165, 1.54) is 6.42 Å². The van der Waals surface area contributed by atoms with Gasteiger partial charge in [-0.1, -0.05) is 6.92 Å². The van der Waals surface area contributed by atoms with Gasteiger partial charge in [0, 0.05) is 25.6 Å². The molecule has 19 heavy (non-hydrogen) atoms. The van der Waals surface area contributed by atoms with Crippen molar-refractivity contribution in [3.05, 3.63) is 17.7 Å². The van der Waals surface area contributed by atoms with E-state index in [4.69, 9.17) is 0 Å². The van der Waals surface area contributed by atoms with Gasteiger partial charge in [0.05, 0.1) is 23.8 Å². The topological polar surface area (TPSA) is 61.0 Å². The molecule has 3 unspecified atom stereocenters. The number of rotatable bonds is 1. The summed E-state index contributed by atoms with van der Waals surface area (Å²) in [6.45, 7) is 5.99. The Hall–Kier alpha value is -1.36. The fraction of sp³-hybridized carbons (Fsp3) is 0.714. The molecule has 3 rings (SSSR count). The molecule has 3 heterocycles. The standard InChI is InChI=1S/C14H22N4O/c1-9-3-4-10(2)18(7-9)14(19)12-5-11-13(6-15-12)17-8-16-11/h8-10,12,15H,3-7H2,1-2H3,(H,16,17). The molecule has 1 amide bonds. The van der Waals surface area contributed by atoms with Crippen molar-refractivity contribution in [2.45, 2.75) is 51.7 Å². The lowest BCUT2D eigenvalue weighted by Gasteiger charge is -2.39. The van der Waals surface area contributed by atoms with E-state index >= 15 is 0 Å². The average Bonchev–Trinajstić information content (AvgIpc) is 2.88. The molecule has 3 atom stereocenters. The molecule has 104 valence electrons. The lowest BCUT2D eigenvalue weighted by Crippen LogP contribution is -2.54. The second-order valence-electron chi connectivity index (χ2n) is 5.99. The zero-order valence-electron chi connectivity index (χ0n) is 11.6. The van der Waals surface area contributed by atoms with Crippen LogP contribution in [0.2, 0.25) is 0 Å². The molecule has 0 bridgehead atoms. The third-order valence-electron chi connectivity index (χ3n) is 4.43. The van der Waals surface area contributed by atoms with E-state index in [2.05, 4.69) is 34.0 Å². The Morgan fingerprint density at radius 2 is 2.26 bits per heavy atom. The van der Waals surface area contributed by atoms with Gasteiger partial charge in [-0.05, 0) is 25.7 Å². The van der Waals surface area contributed by atoms with Crippen molar-refractivity contribution in [3.63, 3.8) is 0 Å². The number of hydrogen-bond acceptors (Lipinski definition) is 3. The Balaban J connectivity index is 1.71. The normalized spacial score (nSPS) is 31.1. The zero-order valence-corrected chi connectivity index (χ0v) is 11.6. The molecule has 2 aliphatic heterocycles. The van der Waals surface area contributed by atoms with Gasteiger partial charge < -0.3 is 9.88 Å². The molecule has 0 aromatic carbocycles. The van der Waals surface area contributed by atoms with Gasteiger partial charge in [0.15, 0.2) is 0 Å². The van der Waals surface area contributed by atoms with Gasteiger partial charge in [0.2, 0.25) is 5.91 Å². The highest BCUT2D eigenvalue weighted by Gasteiger charge is 2.33. The number of fused-ring (bicyclic) bond motifs is 1. The van der Waals surface area contributed by atoms with E-state index in [9.17, 15) is 4.79 Å². The van der Waals surface area contributed by atoms with Crippen molar-refractivity contribution in [2.75, 3.05) is 6.54 Å². The number of hydrogen-bond donors (Lipinski definition) is 2. The Morgan fingerprint density at radius 3 is 3.11 bits per heavy atom. The summed E-state index contributed by atoms with van der Waals surface area (Å²) in [4.78, 5) is 22.1. The molecule has 0 spiro atoms. The highest BCUT2D eigenvalue weighted by atomic mass is 16.2. The van der Waals surface area contributed by atoms with Gasteiger partial charge in [-0.25, -0.2) is 4.98 Å². The van der Waals surface area contributed by atoms with Crippen molar-refractivity contribution < 1.29 is 4.79 Å². The number of aromatic nitrogens is 2. The molecule has 5 nitrogen and oxygen atoms in total. The fourth-order valence-electron chi connectivity index (χ4n) is 3.14. The Morgan fingerprint density at radius 1 is 1.42 bits per heavy atom. The Bertz CT molecular complexity index is 470. The summed E-state index contributed by atoms with van der Waals surface area (Å²) in [6.07, 6.45) is 4.76. The Kier molecular flexibility index (Phi) is 3.31. The molecule has 5 heteroatoms. The van der Waals surface area contributed by atoms with E-state index < -0.39 is 0 Å². The van der Waals surface area contributed by atoms with E-state index in [1.54, 1.807) is 6.33 Å². The maximum absolute atomic E-state index is 12.7. The molecular formula is C14H22N4O. The molecule has 1 aromatic heterocycles. The SMILES string of the molecule is CC1CCC(C)N(C(=O)C2Cc3nc[nH]c3CN2)C1. The first-order chi connectivity index (χ1) is 9.15. The van der Waals surface area contributed by atoms with Gasteiger partial charge >= 0.3 is 0 Å². The highest BCUT2D eigenvalue weighted by Crippen LogP contribution is 2.23. The summed E-state index contributed by atoms with van der Waals surface area (Å²) in [7, 11) is 0. The van der Waals surface area contributed by atoms with Crippen LogP contribution >= 0.6 is 0 Å². The molecule has 1 fully saturated rings. The number of amides is 1. The van der Waals surface area contributed by atoms with Crippen molar-refractivity contribution in [1.82, 2.24) is 20.2 Å². The molecule has 2 N–H and O–H groups in total. The number of imidazole rings is 1. The predicted octanol–water partition coefficient (Wildman–Crippen LogP) is 1.07. The second kappa shape index (κ2) is 4.96. The number of nitrogens with one attached hydrogen (secondary N) is 2. The van der Waals surface area contributed by atoms with Crippen LogP contribution in [0.25, 0.3) is 0 Å². The summed E-state index contributed by atoms with van der Waals surface area (Å²) >= 11 is 0. The summed E-state index contributed by atoms with van der Waals surface area (Å²) in [5.41, 5.74) is 2.15. The lowest BCUT2D eigenvalue weighted by molar-refractivity contribution is -0.138. The number of H-pyrrole nitrogens is 1. The minimum Gasteiger partial charge on any atom is -0.347 e. The highest BCUT2D eigenvalue weighted by molar-refractivity contribution is 5.82. The van der Waals surface area contributed by atoms with Gasteiger partial charge in [-0.3, -0.25) is 10.1 Å². The molecule has 0 radical (unpaired) electrons. The van der Waals surface area contributed by atoms with E-state index in [1.807, 2.05) is 0 Å². The molecule has 0 aliphatic carbocycles. The number of aromatic amines is 1. The predicted molar refractivity (Wildman–Crippen MR) is 72.5 cm³/mol. The first-order valence-corrected chi connectivity index (χ1v) is 7.20. The largest absolute Gasteiger partial charge is 0.347 e. The van der Waals surface area contributed by atoms with Crippen LogP contribution in [0.1, 0.15) is 38.1 Å². The van der Waals surface area contributed by atoms with Gasteiger partial charge in [0.1, 0.15) is 0 Å². The Labute approximate surface area is 113 Å². The summed E-state index contributed by atoms with van der Waals surface area (Å²) in [6, 6.07) is 0.259. The lowest BCUT2D eigenvalue weighted by atomic mass is 9.93. The number of likely N-dealkylation sites (tertiary alicyclic amines) is 1. The van der Waals surface area contributed by atoms with Crippen LogP contribution in [0.15, 0.2) is 6.33 Å². The molecule has 0 saturated carbocycles. The zero-order chi connectivity index (χ0) is 13.4. The van der Waals surface area contributed by atoms with Crippen molar-refractivity contribution in [3.8, 4) is 0 Å². The molecule has 1 saturated heterocycles. The molecular weight excluding hydrogens is 240 g/mol. The van der Waals surface area contributed by atoms with E-state index in [0.717, 1.165) is 24.4 Å². The summed E-state index contributed by atoms with van der Waals surface area (Å²) in [5.74, 6) is 0.859. The average molecular weight is 262 g/mol. The van der Waals surface area contributed by atoms with E-state index in [-0.39, 0.29) is 11.9 Å². The summed E-state index contributed by atoms with van der Waals surface area (Å²) in [5, 5.41) is 3.33. The van der Waals surface area contributed by atoms with Crippen LogP contribution in [-0.2, 0) is 17.8 Å². The number of carbonyl (C=O) groups excluding carboxylic acids is 1. The maximum Gasteiger partial charge on any atom is 0.240 e. The molecule has 1 aromatic rings. The van der Waals surface area contributed by atoms with Crippen molar-refractivity contribution in [2.24, 2.45) is 5.92 Å². The number of nitrogens with zero attached hydrogens (tertiary/aromatic N) is 2. The van der Waals surface area contributed by atoms with Gasteiger partial charge in [-0.15, -0.1) is 0 Å². The third kappa shape index (κ3) is 2.39. The first kappa shape index (κ1) is 12.7. The van der Waals surface area contributed by atoms with Crippen LogP contribution in [0, 0.1) is 5.92 Å². The van der Waals surface area contributed by atoms with Crippen LogP contribution in [0.4, 0.5) is 0 Å². The van der Waals surface area contributed by atoms with Gasteiger partial charge in [0.25, 0.3) is 0 Å². The first-order valence-electron chi connectivity index (χ1n) is 7.20. The fourth-order valence-corrected chi connectivity index (χ4v) is 3.14. The molecule has 2 aliphatic rings. The minimum atomic E-state index is -0.108. The van der Waals surface area contributed by atoms with E-state index in [0.29, 0.717) is 24.9 Å². The quantitative estimate of drug-likeness (QED) is 0.796. The monoisotopic (exact) mass is 262 g/mol. The number of carbonyl (C=O) groups is 1. The minimum absolute atomic E-state index is 0.108. The van der Waals surface area contributed by atoms with Crippen LogP contribution < -0.4 is 5.32 Å². The second-order valence-corrected chi connectivity index (χ2v) is 5.99. The maximum atomic E-state index is 12.7. The van der Waals surface area contributed by atoms with Crippen LogP contribution in [0.3, 0.4) is 0 Å². The van der Waals surface area contributed by atoms with Crippen LogP contribution in [0.5, 0.6) is 0 Å². The third-order valence-corrected chi connectivity index (χ3v) is 4.43. The number of piperidine rings is 1. The summed E-state index contributed by atoms with van der Waals surface area (Å²) < 4.78 is 0. The van der Waals surface area contributed by atoms with Crippen LogP contribution in [-0.4, -0.2) is 39.4 Å². The van der Waals surface area contributed by atoms with Gasteiger partial charge in [-0.2, -0.15) is 0 Å². The van der Waals surface area contributed by atoms with Crippen molar-refractivity contribution in [1.29, 1.82) is 0 Å². The van der Waals surface area contributed by atoms with Crippen molar-refractivity contribution >= 4 is 5.91 Å².